The highest BCUT2D eigenvalue weighted by Crippen LogP contribution is 2.44. The molecule has 0 bridgehead atoms. The topological polar surface area (TPSA) is 101 Å². The molecule has 0 unspecified atom stereocenters. The van der Waals surface area contributed by atoms with Gasteiger partial charge < -0.3 is 14.2 Å². The minimum atomic E-state index is -0.518. The van der Waals surface area contributed by atoms with Crippen molar-refractivity contribution < 1.29 is 19.0 Å². The number of hydrogen-bond donors (Lipinski definition) is 0. The molecule has 1 aliphatic rings. The molecule has 4 heterocycles. The molecule has 1 atom stereocenters. The summed E-state index contributed by atoms with van der Waals surface area (Å²) >= 11 is 0. The molecular weight excluding hydrogens is 422 g/mol. The Balaban J connectivity index is 1.74. The molecule has 9 heteroatoms. The Bertz CT molecular complexity index is 1360. The van der Waals surface area contributed by atoms with Crippen LogP contribution in [0.5, 0.6) is 11.6 Å². The van der Waals surface area contributed by atoms with Crippen molar-refractivity contribution >= 4 is 11.6 Å². The Morgan fingerprint density at radius 3 is 2.67 bits per heavy atom. The number of rotatable bonds is 5. The lowest BCUT2D eigenvalue weighted by molar-refractivity contribution is -0.139. The van der Waals surface area contributed by atoms with Gasteiger partial charge in [-0.25, -0.2) is 19.3 Å². The van der Waals surface area contributed by atoms with Crippen LogP contribution in [-0.2, 0) is 9.53 Å². The van der Waals surface area contributed by atoms with Crippen LogP contribution in [0.1, 0.15) is 30.9 Å². The van der Waals surface area contributed by atoms with Crippen LogP contribution in [0.2, 0.25) is 0 Å². The predicted molar refractivity (Wildman–Crippen MR) is 119 cm³/mol. The number of benzene rings is 1. The standard InChI is InChI=1S/C24H21N5O4/c1-4-32-24(30)18-14(2)33-23-20(19(18)15-8-10-16(31-3)11-9-15)22-27-21(28-29(22)13-26-23)17-7-5-6-12-25-17/h5-13,19H,4H2,1-3H3/t19-/m1/s1. The second-order valence-electron chi connectivity index (χ2n) is 7.38. The number of hydrogen-bond acceptors (Lipinski definition) is 8. The number of methoxy groups -OCH3 is 1. The van der Waals surface area contributed by atoms with Crippen LogP contribution < -0.4 is 9.47 Å². The fraction of sp³-hybridized carbons (Fsp3) is 0.208. The third kappa shape index (κ3) is 3.57. The lowest BCUT2D eigenvalue weighted by Crippen LogP contribution is -2.24. The summed E-state index contributed by atoms with van der Waals surface area (Å²) in [4.78, 5) is 26.6. The maximum absolute atomic E-state index is 13.0. The monoisotopic (exact) mass is 443 g/mol. The van der Waals surface area contributed by atoms with E-state index in [2.05, 4.69) is 15.1 Å². The van der Waals surface area contributed by atoms with Crippen molar-refractivity contribution in [1.82, 2.24) is 24.6 Å². The largest absolute Gasteiger partial charge is 0.497 e. The molecule has 5 rings (SSSR count). The van der Waals surface area contributed by atoms with Crippen LogP contribution in [0.3, 0.4) is 0 Å². The predicted octanol–water partition coefficient (Wildman–Crippen LogP) is 3.56. The van der Waals surface area contributed by atoms with Crippen molar-refractivity contribution in [3.63, 3.8) is 0 Å². The minimum absolute atomic E-state index is 0.245. The van der Waals surface area contributed by atoms with E-state index in [1.165, 1.54) is 0 Å². The summed E-state index contributed by atoms with van der Waals surface area (Å²) in [5.74, 6) is 0.990. The number of aromatic nitrogens is 5. The zero-order valence-corrected chi connectivity index (χ0v) is 18.3. The molecule has 9 nitrogen and oxygen atoms in total. The van der Waals surface area contributed by atoms with Crippen molar-refractivity contribution in [2.24, 2.45) is 0 Å². The summed E-state index contributed by atoms with van der Waals surface area (Å²) in [6.45, 7) is 3.75. The maximum Gasteiger partial charge on any atom is 0.338 e. The molecule has 1 aromatic carbocycles. The maximum atomic E-state index is 13.0. The zero-order chi connectivity index (χ0) is 22.9. The van der Waals surface area contributed by atoms with Gasteiger partial charge in [-0.2, -0.15) is 0 Å². The number of fused-ring (bicyclic) bond motifs is 3. The van der Waals surface area contributed by atoms with Crippen molar-refractivity contribution in [2.45, 2.75) is 19.8 Å². The van der Waals surface area contributed by atoms with Crippen LogP contribution in [0.4, 0.5) is 0 Å². The molecule has 0 fully saturated rings. The highest BCUT2D eigenvalue weighted by atomic mass is 16.5. The number of nitrogens with zero attached hydrogens (tertiary/aromatic N) is 5. The van der Waals surface area contributed by atoms with Gasteiger partial charge in [0.1, 0.15) is 23.5 Å². The van der Waals surface area contributed by atoms with E-state index in [1.54, 1.807) is 38.0 Å². The number of ether oxygens (including phenoxy) is 3. The minimum Gasteiger partial charge on any atom is -0.497 e. The lowest BCUT2D eigenvalue weighted by Gasteiger charge is -2.28. The van der Waals surface area contributed by atoms with Gasteiger partial charge >= 0.3 is 5.97 Å². The van der Waals surface area contributed by atoms with Crippen molar-refractivity contribution in [2.75, 3.05) is 13.7 Å². The van der Waals surface area contributed by atoms with Crippen LogP contribution in [0, 0.1) is 0 Å². The fourth-order valence-electron chi connectivity index (χ4n) is 3.94. The van der Waals surface area contributed by atoms with E-state index >= 15 is 0 Å². The first-order valence-corrected chi connectivity index (χ1v) is 10.5. The quantitative estimate of drug-likeness (QED) is 0.432. The summed E-state index contributed by atoms with van der Waals surface area (Å²) in [5, 5.41) is 4.54. The first-order chi connectivity index (χ1) is 16.1. The molecule has 0 saturated heterocycles. The third-order valence-corrected chi connectivity index (χ3v) is 5.43. The van der Waals surface area contributed by atoms with Crippen LogP contribution >= 0.6 is 0 Å². The van der Waals surface area contributed by atoms with E-state index < -0.39 is 11.9 Å². The summed E-state index contributed by atoms with van der Waals surface area (Å²) in [5.41, 5.74) is 3.03. The molecule has 0 N–H and O–H groups in total. The van der Waals surface area contributed by atoms with Crippen molar-refractivity contribution in [3.8, 4) is 23.1 Å². The Morgan fingerprint density at radius 1 is 1.15 bits per heavy atom. The highest BCUT2D eigenvalue weighted by molar-refractivity contribution is 5.93. The molecule has 0 radical (unpaired) electrons. The Hall–Kier alpha value is -4.27. The van der Waals surface area contributed by atoms with E-state index in [1.807, 2.05) is 42.5 Å². The van der Waals surface area contributed by atoms with Crippen LogP contribution in [0.15, 0.2) is 66.3 Å². The Labute approximate surface area is 189 Å². The van der Waals surface area contributed by atoms with E-state index in [4.69, 9.17) is 19.2 Å². The number of esters is 1. The van der Waals surface area contributed by atoms with Gasteiger partial charge in [-0.15, -0.1) is 5.10 Å². The summed E-state index contributed by atoms with van der Waals surface area (Å²) in [6, 6.07) is 13.0. The summed E-state index contributed by atoms with van der Waals surface area (Å²) in [7, 11) is 1.61. The highest BCUT2D eigenvalue weighted by Gasteiger charge is 2.38. The molecule has 0 spiro atoms. The SMILES string of the molecule is CCOC(=O)C1=C(C)Oc2ncn3nc(-c4ccccn4)nc3c2[C@@H]1c1ccc(OC)cc1. The smallest absolute Gasteiger partial charge is 0.338 e. The van der Waals surface area contributed by atoms with Crippen LogP contribution in [-0.4, -0.2) is 44.3 Å². The molecule has 166 valence electrons. The van der Waals surface area contributed by atoms with Crippen molar-refractivity contribution in [1.29, 1.82) is 0 Å². The van der Waals surface area contributed by atoms with Gasteiger partial charge in [-0.1, -0.05) is 18.2 Å². The summed E-state index contributed by atoms with van der Waals surface area (Å²) in [6.07, 6.45) is 3.23. The molecule has 1 aliphatic heterocycles. The first-order valence-electron chi connectivity index (χ1n) is 10.5. The number of pyridine rings is 1. The molecule has 0 aliphatic carbocycles. The molecule has 0 saturated carbocycles. The second-order valence-corrected chi connectivity index (χ2v) is 7.38. The van der Waals surface area contributed by atoms with Gasteiger partial charge in [0.2, 0.25) is 11.7 Å². The average molecular weight is 443 g/mol. The molecule has 4 aromatic rings. The third-order valence-electron chi connectivity index (χ3n) is 5.43. The first kappa shape index (κ1) is 20.6. The Kier molecular flexibility index (Phi) is 5.21. The van der Waals surface area contributed by atoms with Gasteiger partial charge in [0.15, 0.2) is 5.65 Å². The van der Waals surface area contributed by atoms with Gasteiger partial charge in [0.25, 0.3) is 0 Å². The average Bonchev–Trinajstić information content (AvgIpc) is 3.28. The zero-order valence-electron chi connectivity index (χ0n) is 18.3. The van der Waals surface area contributed by atoms with Crippen LogP contribution in [0.25, 0.3) is 17.2 Å². The molecule has 3 aromatic heterocycles. The van der Waals surface area contributed by atoms with E-state index in [9.17, 15) is 4.79 Å². The van der Waals surface area contributed by atoms with E-state index in [-0.39, 0.29) is 6.61 Å². The molecule has 33 heavy (non-hydrogen) atoms. The Morgan fingerprint density at radius 2 is 1.97 bits per heavy atom. The lowest BCUT2D eigenvalue weighted by atomic mass is 9.83. The van der Waals surface area contributed by atoms with Gasteiger partial charge in [-0.05, 0) is 43.7 Å². The van der Waals surface area contributed by atoms with Gasteiger partial charge in [0, 0.05) is 6.20 Å². The fourth-order valence-corrected chi connectivity index (χ4v) is 3.94. The number of carbonyl (C=O) groups is 1. The summed E-state index contributed by atoms with van der Waals surface area (Å²) < 4.78 is 18.2. The van der Waals surface area contributed by atoms with Crippen molar-refractivity contribution in [3.05, 3.63) is 77.4 Å². The second kappa shape index (κ2) is 8.34. The van der Waals surface area contributed by atoms with E-state index in [0.717, 1.165) is 5.56 Å². The van der Waals surface area contributed by atoms with E-state index in [0.29, 0.717) is 45.7 Å². The number of allylic oxidation sites excluding steroid dienone is 1. The molecule has 0 amide bonds. The normalized spacial score (nSPS) is 15.2. The van der Waals surface area contributed by atoms with Gasteiger partial charge in [-0.3, -0.25) is 4.98 Å². The van der Waals surface area contributed by atoms with Gasteiger partial charge in [0.05, 0.1) is 30.8 Å². The number of carbonyl (C=O) groups excluding carboxylic acids is 1. The molecular formula is C24H21N5O4.